The second-order valence-corrected chi connectivity index (χ2v) is 6.19. The number of rotatable bonds is 7. The van der Waals surface area contributed by atoms with Crippen molar-refractivity contribution in [3.8, 4) is 0 Å². The van der Waals surface area contributed by atoms with Crippen molar-refractivity contribution in [1.29, 1.82) is 0 Å². The first-order valence-electron chi connectivity index (χ1n) is 6.88. The fourth-order valence-electron chi connectivity index (χ4n) is 1.73. The molecule has 0 aliphatic heterocycles. The Labute approximate surface area is 137 Å². The van der Waals surface area contributed by atoms with E-state index in [2.05, 4.69) is 5.32 Å². The van der Waals surface area contributed by atoms with Gasteiger partial charge in [0.1, 0.15) is 0 Å². The third-order valence-electron chi connectivity index (χ3n) is 3.14. The Morgan fingerprint density at radius 2 is 1.96 bits per heavy atom. The number of amides is 1. The Balaban J connectivity index is 1.97. The summed E-state index contributed by atoms with van der Waals surface area (Å²) in [6.45, 7) is 0.705. The molecular formula is C16H17NO5S. The second-order valence-electron chi connectivity index (χ2n) is 5.14. The quantitative estimate of drug-likeness (QED) is 0.670. The van der Waals surface area contributed by atoms with Crippen LogP contribution in [0.4, 0.5) is 0 Å². The zero-order valence-corrected chi connectivity index (χ0v) is 13.3. The van der Waals surface area contributed by atoms with E-state index < -0.39 is 24.0 Å². The number of hydrogen-bond acceptors (Lipinski definition) is 5. The van der Waals surface area contributed by atoms with Crippen molar-refractivity contribution >= 4 is 23.6 Å². The second kappa shape index (κ2) is 7.34. The van der Waals surface area contributed by atoms with Crippen molar-refractivity contribution in [1.82, 2.24) is 5.32 Å². The molecule has 1 aromatic carbocycles. The van der Waals surface area contributed by atoms with E-state index in [-0.39, 0.29) is 5.76 Å². The highest BCUT2D eigenvalue weighted by atomic mass is 32.2. The van der Waals surface area contributed by atoms with E-state index in [1.165, 1.54) is 6.26 Å². The summed E-state index contributed by atoms with van der Waals surface area (Å²) in [5, 5.41) is 20.8. The number of aliphatic carboxylic acids is 1. The lowest BCUT2D eigenvalue weighted by Gasteiger charge is -2.17. The smallest absolute Gasteiger partial charge is 0.337 e. The molecule has 0 spiro atoms. The van der Waals surface area contributed by atoms with Crippen molar-refractivity contribution < 1.29 is 24.2 Å². The van der Waals surface area contributed by atoms with Gasteiger partial charge in [-0.2, -0.15) is 0 Å². The number of aliphatic hydroxyl groups is 1. The van der Waals surface area contributed by atoms with Gasteiger partial charge in [0.15, 0.2) is 11.4 Å². The Morgan fingerprint density at radius 3 is 2.61 bits per heavy atom. The summed E-state index contributed by atoms with van der Waals surface area (Å²) in [5.41, 5.74) is -1.33. The van der Waals surface area contributed by atoms with Crippen LogP contribution >= 0.6 is 11.8 Å². The van der Waals surface area contributed by atoms with Crippen molar-refractivity contribution in [2.75, 3.05) is 6.54 Å². The number of hydrogen-bond donors (Lipinski definition) is 3. The highest BCUT2D eigenvalue weighted by molar-refractivity contribution is 7.98. The van der Waals surface area contributed by atoms with Gasteiger partial charge in [-0.1, -0.05) is 18.2 Å². The van der Waals surface area contributed by atoms with E-state index in [4.69, 9.17) is 9.52 Å². The summed E-state index contributed by atoms with van der Waals surface area (Å²) in [6, 6.07) is 11.4. The van der Waals surface area contributed by atoms with Gasteiger partial charge in [-0.25, -0.2) is 4.79 Å². The molecule has 0 saturated carbocycles. The van der Waals surface area contributed by atoms with E-state index in [9.17, 15) is 14.7 Å². The molecule has 0 aliphatic rings. The van der Waals surface area contributed by atoms with Gasteiger partial charge >= 0.3 is 5.97 Å². The highest BCUT2D eigenvalue weighted by Crippen LogP contribution is 2.24. The zero-order chi connectivity index (χ0) is 16.9. The minimum Gasteiger partial charge on any atom is -0.479 e. The van der Waals surface area contributed by atoms with Crippen molar-refractivity contribution in [2.45, 2.75) is 23.2 Å². The molecule has 1 atom stereocenters. The summed E-state index contributed by atoms with van der Waals surface area (Å²) < 4.78 is 5.19. The van der Waals surface area contributed by atoms with Crippen LogP contribution in [0.1, 0.15) is 23.0 Å². The van der Waals surface area contributed by atoms with Gasteiger partial charge in [0.2, 0.25) is 0 Å². The van der Waals surface area contributed by atoms with E-state index in [1.54, 1.807) is 17.8 Å². The van der Waals surface area contributed by atoms with Gasteiger partial charge in [0.05, 0.1) is 12.8 Å². The number of furan rings is 1. The van der Waals surface area contributed by atoms with Gasteiger partial charge in [-0.15, -0.1) is 11.8 Å². The molecule has 0 bridgehead atoms. The molecule has 1 aromatic heterocycles. The monoisotopic (exact) mass is 335 g/mol. The fraction of sp³-hybridized carbons (Fsp3) is 0.250. The largest absolute Gasteiger partial charge is 0.479 e. The maximum atomic E-state index is 12.1. The van der Waals surface area contributed by atoms with Gasteiger partial charge in [-0.3, -0.25) is 4.79 Å². The van der Waals surface area contributed by atoms with E-state index in [0.29, 0.717) is 11.3 Å². The summed E-state index contributed by atoms with van der Waals surface area (Å²) >= 11 is 1.55. The van der Waals surface area contributed by atoms with Crippen LogP contribution in [0.25, 0.3) is 0 Å². The first-order valence-corrected chi connectivity index (χ1v) is 7.87. The van der Waals surface area contributed by atoms with E-state index >= 15 is 0 Å². The highest BCUT2D eigenvalue weighted by Gasteiger charge is 2.31. The number of carboxylic acid groups (broad SMARTS) is 1. The van der Waals surface area contributed by atoms with E-state index in [1.807, 2.05) is 30.3 Å². The first kappa shape index (κ1) is 17.1. The van der Waals surface area contributed by atoms with Crippen molar-refractivity contribution in [3.63, 3.8) is 0 Å². The van der Waals surface area contributed by atoms with E-state index in [0.717, 1.165) is 11.8 Å². The molecule has 0 fully saturated rings. The third kappa shape index (κ3) is 4.61. The number of carbonyl (C=O) groups excluding carboxylic acids is 1. The molecule has 122 valence electrons. The van der Waals surface area contributed by atoms with Crippen LogP contribution < -0.4 is 5.32 Å². The Bertz CT molecular complexity index is 681. The summed E-state index contributed by atoms with van der Waals surface area (Å²) in [6.07, 6.45) is 1.41. The molecule has 0 radical (unpaired) electrons. The minimum atomic E-state index is -2.03. The third-order valence-corrected chi connectivity index (χ3v) is 4.21. The topological polar surface area (TPSA) is 99.8 Å². The average molecular weight is 335 g/mol. The van der Waals surface area contributed by atoms with Gasteiger partial charge in [0, 0.05) is 16.2 Å². The van der Waals surface area contributed by atoms with Crippen LogP contribution in [0.5, 0.6) is 0 Å². The first-order chi connectivity index (χ1) is 10.9. The summed E-state index contributed by atoms with van der Waals surface area (Å²) in [5.74, 6) is -1.30. The van der Waals surface area contributed by atoms with Crippen molar-refractivity contribution in [3.05, 3.63) is 54.0 Å². The lowest BCUT2D eigenvalue weighted by molar-refractivity contribution is -0.155. The number of carbonyl (C=O) groups is 2. The Hall–Kier alpha value is -2.25. The number of nitrogens with one attached hydrogen (secondary N) is 1. The van der Waals surface area contributed by atoms with Gasteiger partial charge < -0.3 is 19.9 Å². The van der Waals surface area contributed by atoms with Gasteiger partial charge in [-0.05, 0) is 25.1 Å². The normalized spacial score (nSPS) is 13.3. The summed E-state index contributed by atoms with van der Waals surface area (Å²) in [7, 11) is 0. The molecule has 2 aromatic rings. The zero-order valence-electron chi connectivity index (χ0n) is 12.5. The molecule has 3 N–H and O–H groups in total. The van der Waals surface area contributed by atoms with Crippen LogP contribution in [0, 0.1) is 0 Å². The summed E-state index contributed by atoms with van der Waals surface area (Å²) in [4.78, 5) is 24.0. The lowest BCUT2D eigenvalue weighted by atomic mass is 10.1. The molecule has 1 unspecified atom stereocenters. The molecule has 23 heavy (non-hydrogen) atoms. The molecular weight excluding hydrogens is 318 g/mol. The van der Waals surface area contributed by atoms with Crippen LogP contribution in [0.3, 0.4) is 0 Å². The predicted octanol–water partition coefficient (Wildman–Crippen LogP) is 2.14. The van der Waals surface area contributed by atoms with Crippen LogP contribution in [0.15, 0.2) is 52.0 Å². The van der Waals surface area contributed by atoms with Crippen LogP contribution in [0.2, 0.25) is 0 Å². The SMILES string of the molecule is CC(O)(CNC(=O)c1occc1CSc1ccccc1)C(=O)O. The molecule has 2 rings (SSSR count). The average Bonchev–Trinajstić information content (AvgIpc) is 3.00. The number of thioether (sulfide) groups is 1. The Kier molecular flexibility index (Phi) is 5.46. The fourth-order valence-corrected chi connectivity index (χ4v) is 2.63. The number of benzene rings is 1. The standard InChI is InChI=1S/C16H17NO5S/c1-16(21,15(19)20)10-17-14(18)13-11(7-8-22-13)9-23-12-5-3-2-4-6-12/h2-8,21H,9-10H2,1H3,(H,17,18)(H,19,20). The number of carboxylic acids is 1. The lowest BCUT2D eigenvalue weighted by Crippen LogP contribution is -2.46. The van der Waals surface area contributed by atoms with Gasteiger partial charge in [0.25, 0.3) is 5.91 Å². The molecule has 1 amide bonds. The molecule has 0 saturated heterocycles. The molecule has 6 nitrogen and oxygen atoms in total. The molecule has 0 aliphatic carbocycles. The van der Waals surface area contributed by atoms with Crippen LogP contribution in [-0.2, 0) is 10.5 Å². The molecule has 7 heteroatoms. The minimum absolute atomic E-state index is 0.120. The maximum Gasteiger partial charge on any atom is 0.337 e. The molecule has 1 heterocycles. The predicted molar refractivity (Wildman–Crippen MR) is 85.3 cm³/mol. The Morgan fingerprint density at radius 1 is 1.26 bits per heavy atom. The van der Waals surface area contributed by atoms with Crippen LogP contribution in [-0.4, -0.2) is 34.2 Å². The van der Waals surface area contributed by atoms with Crippen molar-refractivity contribution in [2.24, 2.45) is 0 Å². The maximum absolute atomic E-state index is 12.1.